The van der Waals surface area contributed by atoms with E-state index in [1.54, 1.807) is 24.3 Å². The molecule has 0 atom stereocenters. The third-order valence-corrected chi connectivity index (χ3v) is 4.03. The molecule has 1 aromatic carbocycles. The van der Waals surface area contributed by atoms with Gasteiger partial charge in [-0.2, -0.15) is 0 Å². The maximum absolute atomic E-state index is 11.9. The zero-order valence-corrected chi connectivity index (χ0v) is 11.3. The molecule has 0 aliphatic carbocycles. The van der Waals surface area contributed by atoms with Gasteiger partial charge in [0.1, 0.15) is 4.90 Å². The first-order valence-corrected chi connectivity index (χ1v) is 7.40. The third kappa shape index (κ3) is 2.81. The first-order chi connectivity index (χ1) is 8.49. The SMILES string of the molecule is CC(C)CCN=C1Nc2ccccc2S(=O)(=O)N1. The summed E-state index contributed by atoms with van der Waals surface area (Å²) in [4.78, 5) is 4.49. The minimum absolute atomic E-state index is 0.257. The molecule has 5 nitrogen and oxygen atoms in total. The van der Waals surface area contributed by atoms with Crippen LogP contribution in [0.15, 0.2) is 34.2 Å². The summed E-state index contributed by atoms with van der Waals surface area (Å²) in [5.41, 5.74) is 0.569. The van der Waals surface area contributed by atoms with Crippen molar-refractivity contribution in [3.8, 4) is 0 Å². The van der Waals surface area contributed by atoms with Crippen LogP contribution in [0.4, 0.5) is 5.69 Å². The van der Waals surface area contributed by atoms with E-state index in [1.165, 1.54) is 0 Å². The summed E-state index contributed by atoms with van der Waals surface area (Å²) < 4.78 is 26.3. The number of benzene rings is 1. The lowest BCUT2D eigenvalue weighted by Gasteiger charge is -2.21. The monoisotopic (exact) mass is 267 g/mol. The van der Waals surface area contributed by atoms with Crippen molar-refractivity contribution in [2.24, 2.45) is 10.9 Å². The smallest absolute Gasteiger partial charge is 0.266 e. The molecule has 0 aromatic heterocycles. The van der Waals surface area contributed by atoms with Crippen molar-refractivity contribution in [2.45, 2.75) is 25.2 Å². The fourth-order valence-corrected chi connectivity index (χ4v) is 2.79. The van der Waals surface area contributed by atoms with Gasteiger partial charge in [-0.25, -0.2) is 13.1 Å². The maximum atomic E-state index is 11.9. The van der Waals surface area contributed by atoms with Crippen molar-refractivity contribution in [1.29, 1.82) is 0 Å². The molecule has 1 aliphatic rings. The summed E-state index contributed by atoms with van der Waals surface area (Å²) in [6.07, 6.45) is 0.925. The fourth-order valence-electron chi connectivity index (χ4n) is 1.65. The number of aliphatic imine (C=N–C) groups is 1. The lowest BCUT2D eigenvalue weighted by Crippen LogP contribution is -2.40. The number of anilines is 1. The van der Waals surface area contributed by atoms with Gasteiger partial charge in [0, 0.05) is 6.54 Å². The Labute approximate surface area is 107 Å². The quantitative estimate of drug-likeness (QED) is 0.877. The highest BCUT2D eigenvalue weighted by atomic mass is 32.2. The fraction of sp³-hybridized carbons (Fsp3) is 0.417. The number of sulfonamides is 1. The normalized spacial score (nSPS) is 19.2. The van der Waals surface area contributed by atoms with E-state index in [9.17, 15) is 8.42 Å². The zero-order chi connectivity index (χ0) is 13.2. The van der Waals surface area contributed by atoms with Gasteiger partial charge in [0.05, 0.1) is 5.69 Å². The Morgan fingerprint density at radius 1 is 1.28 bits per heavy atom. The predicted octanol–water partition coefficient (Wildman–Crippen LogP) is 1.79. The van der Waals surface area contributed by atoms with Crippen LogP contribution in [0.25, 0.3) is 0 Å². The molecular formula is C12H17N3O2S. The number of hydrogen-bond acceptors (Lipinski definition) is 3. The summed E-state index contributed by atoms with van der Waals surface area (Å²) in [6.45, 7) is 4.81. The number of fused-ring (bicyclic) bond motifs is 1. The van der Waals surface area contributed by atoms with Crippen molar-refractivity contribution in [1.82, 2.24) is 4.72 Å². The molecule has 0 unspecified atom stereocenters. The van der Waals surface area contributed by atoms with E-state index in [2.05, 4.69) is 28.9 Å². The van der Waals surface area contributed by atoms with E-state index >= 15 is 0 Å². The number of para-hydroxylation sites is 1. The van der Waals surface area contributed by atoms with E-state index in [4.69, 9.17) is 0 Å². The van der Waals surface area contributed by atoms with Crippen LogP contribution < -0.4 is 10.0 Å². The van der Waals surface area contributed by atoms with Crippen molar-refractivity contribution >= 4 is 21.7 Å². The highest BCUT2D eigenvalue weighted by Crippen LogP contribution is 2.23. The van der Waals surface area contributed by atoms with Crippen LogP contribution in [0.3, 0.4) is 0 Å². The van der Waals surface area contributed by atoms with Gasteiger partial charge in [0.15, 0.2) is 0 Å². The van der Waals surface area contributed by atoms with Gasteiger partial charge >= 0.3 is 0 Å². The maximum Gasteiger partial charge on any atom is 0.266 e. The van der Waals surface area contributed by atoms with Gasteiger partial charge < -0.3 is 5.32 Å². The summed E-state index contributed by atoms with van der Waals surface area (Å²) in [7, 11) is -3.49. The van der Waals surface area contributed by atoms with Crippen LogP contribution in [-0.4, -0.2) is 20.9 Å². The van der Waals surface area contributed by atoms with Gasteiger partial charge in [-0.15, -0.1) is 0 Å². The van der Waals surface area contributed by atoms with Gasteiger partial charge in [-0.05, 0) is 24.5 Å². The van der Waals surface area contributed by atoms with Crippen molar-refractivity contribution in [3.63, 3.8) is 0 Å². The minimum atomic E-state index is -3.49. The van der Waals surface area contributed by atoms with Crippen molar-refractivity contribution in [3.05, 3.63) is 24.3 Å². The van der Waals surface area contributed by atoms with E-state index < -0.39 is 10.0 Å². The Hall–Kier alpha value is -1.56. The molecule has 0 amide bonds. The molecule has 0 saturated carbocycles. The molecule has 2 N–H and O–H groups in total. The van der Waals surface area contributed by atoms with Gasteiger partial charge in [0.25, 0.3) is 10.0 Å². The molecular weight excluding hydrogens is 250 g/mol. The Morgan fingerprint density at radius 2 is 2.00 bits per heavy atom. The van der Waals surface area contributed by atoms with E-state index in [-0.39, 0.29) is 4.90 Å². The molecule has 98 valence electrons. The molecule has 1 aliphatic heterocycles. The Morgan fingerprint density at radius 3 is 2.72 bits per heavy atom. The van der Waals surface area contributed by atoms with Crippen LogP contribution in [-0.2, 0) is 10.0 Å². The van der Waals surface area contributed by atoms with Crippen LogP contribution in [0.1, 0.15) is 20.3 Å². The molecule has 6 heteroatoms. The molecule has 18 heavy (non-hydrogen) atoms. The molecule has 1 heterocycles. The number of rotatable bonds is 3. The molecule has 0 fully saturated rings. The van der Waals surface area contributed by atoms with Crippen LogP contribution >= 0.6 is 0 Å². The lowest BCUT2D eigenvalue weighted by molar-refractivity contribution is 0.589. The van der Waals surface area contributed by atoms with Crippen molar-refractivity contribution in [2.75, 3.05) is 11.9 Å². The van der Waals surface area contributed by atoms with Crippen LogP contribution in [0.2, 0.25) is 0 Å². The predicted molar refractivity (Wildman–Crippen MR) is 72.1 cm³/mol. The van der Waals surface area contributed by atoms with Gasteiger partial charge in [0.2, 0.25) is 5.96 Å². The highest BCUT2D eigenvalue weighted by molar-refractivity contribution is 7.90. The highest BCUT2D eigenvalue weighted by Gasteiger charge is 2.25. The lowest BCUT2D eigenvalue weighted by atomic mass is 10.1. The second-order valence-electron chi connectivity index (χ2n) is 4.64. The first-order valence-electron chi connectivity index (χ1n) is 5.92. The second-order valence-corrected chi connectivity index (χ2v) is 6.29. The number of hydrogen-bond donors (Lipinski definition) is 2. The molecule has 0 radical (unpaired) electrons. The van der Waals surface area contributed by atoms with Gasteiger partial charge in [-0.1, -0.05) is 26.0 Å². The summed E-state index contributed by atoms with van der Waals surface area (Å²) in [5, 5.41) is 2.99. The Bertz CT molecular complexity index is 564. The topological polar surface area (TPSA) is 70.6 Å². The molecule has 0 spiro atoms. The first kappa shape index (κ1) is 12.9. The Kier molecular flexibility index (Phi) is 3.56. The zero-order valence-electron chi connectivity index (χ0n) is 10.5. The van der Waals surface area contributed by atoms with E-state index in [0.717, 1.165) is 6.42 Å². The molecule has 0 saturated heterocycles. The number of nitrogens with one attached hydrogen (secondary N) is 2. The molecule has 2 rings (SSSR count). The van der Waals surface area contributed by atoms with Crippen molar-refractivity contribution < 1.29 is 8.42 Å². The average Bonchev–Trinajstić information content (AvgIpc) is 2.27. The third-order valence-electron chi connectivity index (χ3n) is 2.64. The van der Waals surface area contributed by atoms with Gasteiger partial charge in [-0.3, -0.25) is 4.99 Å². The van der Waals surface area contributed by atoms with E-state index in [0.29, 0.717) is 24.1 Å². The Balaban J connectivity index is 2.22. The number of guanidine groups is 1. The summed E-state index contributed by atoms with van der Waals surface area (Å²) >= 11 is 0. The average molecular weight is 267 g/mol. The summed E-state index contributed by atoms with van der Waals surface area (Å²) in [5.74, 6) is 0.844. The van der Waals surface area contributed by atoms with Crippen LogP contribution in [0, 0.1) is 5.92 Å². The number of nitrogens with zero attached hydrogens (tertiary/aromatic N) is 1. The van der Waals surface area contributed by atoms with E-state index in [1.807, 2.05) is 0 Å². The van der Waals surface area contributed by atoms with Crippen LogP contribution in [0.5, 0.6) is 0 Å². The summed E-state index contributed by atoms with van der Waals surface area (Å²) in [6, 6.07) is 6.78. The molecule has 1 aromatic rings. The second kappa shape index (κ2) is 4.97. The molecule has 0 bridgehead atoms. The minimum Gasteiger partial charge on any atom is -0.324 e. The largest absolute Gasteiger partial charge is 0.324 e. The standard InChI is InChI=1S/C12H17N3O2S/c1-9(2)7-8-13-12-14-10-5-3-4-6-11(10)18(16,17)15-12/h3-6,9H,7-8H2,1-2H3,(H2,13,14,15).